The Balaban J connectivity index is 1.20. The predicted molar refractivity (Wildman–Crippen MR) is 173 cm³/mol. The zero-order valence-electron chi connectivity index (χ0n) is 24.1. The molecule has 12 heteroatoms. The number of nitrogens with one attached hydrogen (secondary N) is 4. The van der Waals surface area contributed by atoms with Crippen LogP contribution in [0.1, 0.15) is 43.5 Å². The lowest BCUT2D eigenvalue weighted by Crippen LogP contribution is -2.52. The van der Waals surface area contributed by atoms with Crippen LogP contribution in [0.5, 0.6) is 5.75 Å². The third kappa shape index (κ3) is 8.70. The molecule has 2 heterocycles. The molecule has 0 aliphatic carbocycles. The van der Waals surface area contributed by atoms with Crippen molar-refractivity contribution in [3.05, 3.63) is 77.5 Å². The van der Waals surface area contributed by atoms with Gasteiger partial charge in [0.1, 0.15) is 24.2 Å². The highest BCUT2D eigenvalue weighted by atomic mass is 79.9. The summed E-state index contributed by atoms with van der Waals surface area (Å²) < 4.78 is 12.1. The molecule has 5 N–H and O–H groups in total. The molecule has 2 aromatic carbocycles. The van der Waals surface area contributed by atoms with Gasteiger partial charge in [0.15, 0.2) is 6.61 Å². The van der Waals surface area contributed by atoms with Gasteiger partial charge >= 0.3 is 0 Å². The molecule has 0 saturated carbocycles. The topological polar surface area (TPSA) is 137 Å². The minimum Gasteiger partial charge on any atom is -0.491 e. The Morgan fingerprint density at radius 3 is 2.70 bits per heavy atom. The van der Waals surface area contributed by atoms with E-state index in [4.69, 9.17) is 21.1 Å². The van der Waals surface area contributed by atoms with Gasteiger partial charge in [0.05, 0.1) is 16.4 Å². The van der Waals surface area contributed by atoms with Gasteiger partial charge < -0.3 is 30.2 Å². The van der Waals surface area contributed by atoms with Crippen molar-refractivity contribution in [3.63, 3.8) is 0 Å². The average molecular weight is 673 g/mol. The second-order valence-corrected chi connectivity index (χ2v) is 12.1. The number of amides is 2. The highest BCUT2D eigenvalue weighted by Crippen LogP contribution is 2.34. The molecule has 1 aliphatic heterocycles. The third-order valence-corrected chi connectivity index (χ3v) is 7.47. The Kier molecular flexibility index (Phi) is 10.7. The summed E-state index contributed by atoms with van der Waals surface area (Å²) in [5.74, 6) is 0.342. The number of fused-ring (bicyclic) bond motifs is 1. The van der Waals surface area contributed by atoms with Crippen LogP contribution < -0.4 is 20.8 Å². The standard InChI is InChI=1S/C31H35BrClN5O5/c1-18(32)30-29(22-7-5-6-8-25(22)36-30)19(2)42-15-21(39)14-35-31(3,4)17-34-28(41)16-43-26-11-9-20(13-23(26)33)24-10-12-27(40)38-37-24/h5-9,11,13,21,35-36,39H,1-2,10,12,14-17H2,3-4H3,(H,34,41)(H,38,40). The third-order valence-electron chi connectivity index (χ3n) is 6.78. The van der Waals surface area contributed by atoms with Crippen LogP contribution in [-0.4, -0.2) is 65.6 Å². The molecule has 0 saturated heterocycles. The van der Waals surface area contributed by atoms with Crippen molar-refractivity contribution in [1.82, 2.24) is 21.0 Å². The molecule has 1 atom stereocenters. The SMILES string of the molecule is C=C(Br)c1[nH]c2ccccc2c1C(=C)OCC(O)CNC(C)(C)CNC(=O)COc1ccc(C2=NNC(=O)CC2)cc1Cl. The van der Waals surface area contributed by atoms with Gasteiger partial charge in [0.25, 0.3) is 5.91 Å². The van der Waals surface area contributed by atoms with E-state index in [1.807, 2.05) is 38.1 Å². The van der Waals surface area contributed by atoms with Crippen LogP contribution in [0.25, 0.3) is 21.1 Å². The van der Waals surface area contributed by atoms with Crippen molar-refractivity contribution >= 4 is 66.2 Å². The van der Waals surface area contributed by atoms with Gasteiger partial charge in [-0.3, -0.25) is 9.59 Å². The first-order valence-corrected chi connectivity index (χ1v) is 14.9. The molecule has 10 nitrogen and oxygen atoms in total. The lowest BCUT2D eigenvalue weighted by Gasteiger charge is -2.28. The van der Waals surface area contributed by atoms with E-state index in [9.17, 15) is 14.7 Å². The molecule has 1 aliphatic rings. The number of aromatic amines is 1. The number of carbonyl (C=O) groups excluding carboxylic acids is 2. The fraction of sp³-hybridized carbons (Fsp3) is 0.323. The summed E-state index contributed by atoms with van der Waals surface area (Å²) in [5, 5.41) is 22.0. The fourth-order valence-corrected chi connectivity index (χ4v) is 4.95. The molecular weight excluding hydrogens is 638 g/mol. The number of hydrogen-bond donors (Lipinski definition) is 5. The molecule has 43 heavy (non-hydrogen) atoms. The summed E-state index contributed by atoms with van der Waals surface area (Å²) in [6.07, 6.45) is 0.0638. The van der Waals surface area contributed by atoms with Gasteiger partial charge in [0.2, 0.25) is 5.91 Å². The van der Waals surface area contributed by atoms with Crippen molar-refractivity contribution in [3.8, 4) is 5.75 Å². The number of H-pyrrole nitrogens is 1. The van der Waals surface area contributed by atoms with E-state index in [1.165, 1.54) is 0 Å². The van der Waals surface area contributed by atoms with Gasteiger partial charge in [-0.15, -0.1) is 0 Å². The molecular formula is C31H35BrClN5O5. The summed E-state index contributed by atoms with van der Waals surface area (Å²) in [4.78, 5) is 27.1. The van der Waals surface area contributed by atoms with Crippen LogP contribution in [-0.2, 0) is 14.3 Å². The van der Waals surface area contributed by atoms with E-state index in [0.29, 0.717) is 40.4 Å². The van der Waals surface area contributed by atoms with E-state index in [-0.39, 0.29) is 31.6 Å². The predicted octanol–water partition coefficient (Wildman–Crippen LogP) is 4.71. The fourth-order valence-electron chi connectivity index (χ4n) is 4.41. The number of nitrogens with zero attached hydrogens (tertiary/aromatic N) is 1. The Labute approximate surface area is 263 Å². The van der Waals surface area contributed by atoms with Crippen LogP contribution in [0.2, 0.25) is 5.02 Å². The zero-order chi connectivity index (χ0) is 31.1. The molecule has 1 aromatic heterocycles. The van der Waals surface area contributed by atoms with Crippen molar-refractivity contribution in [2.75, 3.05) is 26.3 Å². The molecule has 228 valence electrons. The summed E-state index contributed by atoms with van der Waals surface area (Å²) in [6, 6.07) is 12.9. The first-order valence-electron chi connectivity index (χ1n) is 13.7. The molecule has 0 spiro atoms. The lowest BCUT2D eigenvalue weighted by atomic mass is 10.0. The highest BCUT2D eigenvalue weighted by Gasteiger charge is 2.22. The Hall–Kier alpha value is -3.64. The van der Waals surface area contributed by atoms with Crippen LogP contribution in [0.4, 0.5) is 0 Å². The number of hydrazone groups is 1. The molecule has 1 unspecified atom stereocenters. The van der Waals surface area contributed by atoms with E-state index in [0.717, 1.165) is 33.4 Å². The number of aliphatic hydroxyl groups is 1. The van der Waals surface area contributed by atoms with E-state index < -0.39 is 11.6 Å². The highest BCUT2D eigenvalue weighted by molar-refractivity contribution is 9.15. The van der Waals surface area contributed by atoms with E-state index in [2.05, 4.69) is 55.2 Å². The Morgan fingerprint density at radius 2 is 2.00 bits per heavy atom. The number of ether oxygens (including phenoxy) is 2. The monoisotopic (exact) mass is 671 g/mol. The van der Waals surface area contributed by atoms with Gasteiger partial charge in [-0.05, 0) is 59.6 Å². The minimum absolute atomic E-state index is 0.0252. The van der Waals surface area contributed by atoms with Crippen LogP contribution in [0.3, 0.4) is 0 Å². The number of rotatable bonds is 14. The number of hydrogen-bond acceptors (Lipinski definition) is 7. The molecule has 0 bridgehead atoms. The molecule has 0 radical (unpaired) electrons. The number of benzene rings is 2. The average Bonchev–Trinajstić information content (AvgIpc) is 3.38. The van der Waals surface area contributed by atoms with Gasteiger partial charge in [-0.1, -0.05) is 43.0 Å². The maximum absolute atomic E-state index is 12.5. The lowest BCUT2D eigenvalue weighted by molar-refractivity contribution is -0.123. The molecule has 4 rings (SSSR count). The number of β-amino-alcohol motifs (C(OH)–C–C–N with tert-alkyl or cyclic N) is 1. The summed E-state index contributed by atoms with van der Waals surface area (Å²) in [5.41, 5.74) is 5.92. The first kappa shape index (κ1) is 32.3. The van der Waals surface area contributed by atoms with Crippen LogP contribution >= 0.6 is 27.5 Å². The number of aromatic nitrogens is 1. The normalized spacial score (nSPS) is 14.1. The van der Waals surface area contributed by atoms with Crippen molar-refractivity contribution in [2.24, 2.45) is 5.10 Å². The number of aliphatic hydroxyl groups excluding tert-OH is 1. The smallest absolute Gasteiger partial charge is 0.258 e. The van der Waals surface area contributed by atoms with Gasteiger partial charge in [0, 0.05) is 52.4 Å². The number of carbonyl (C=O) groups is 2. The van der Waals surface area contributed by atoms with Crippen LogP contribution in [0.15, 0.2) is 60.7 Å². The first-order chi connectivity index (χ1) is 20.4. The second-order valence-electron chi connectivity index (χ2n) is 10.8. The molecule has 0 fully saturated rings. The summed E-state index contributed by atoms with van der Waals surface area (Å²) in [7, 11) is 0. The quantitative estimate of drug-likeness (QED) is 0.157. The van der Waals surface area contributed by atoms with Gasteiger partial charge in [-0.25, -0.2) is 5.43 Å². The van der Waals surface area contributed by atoms with Gasteiger partial charge in [-0.2, -0.15) is 5.10 Å². The minimum atomic E-state index is -0.822. The maximum atomic E-state index is 12.5. The largest absolute Gasteiger partial charge is 0.491 e. The summed E-state index contributed by atoms with van der Waals surface area (Å²) in [6.45, 7) is 12.2. The van der Waals surface area contributed by atoms with E-state index in [1.54, 1.807) is 18.2 Å². The molecule has 3 aromatic rings. The number of halogens is 2. The second kappa shape index (κ2) is 14.2. The van der Waals surface area contributed by atoms with E-state index >= 15 is 0 Å². The Morgan fingerprint density at radius 1 is 1.23 bits per heavy atom. The number of para-hydroxylation sites is 1. The summed E-state index contributed by atoms with van der Waals surface area (Å²) >= 11 is 9.78. The Bertz CT molecular complexity index is 1570. The maximum Gasteiger partial charge on any atom is 0.258 e. The van der Waals surface area contributed by atoms with Crippen molar-refractivity contribution < 1.29 is 24.2 Å². The van der Waals surface area contributed by atoms with Crippen LogP contribution in [0, 0.1) is 0 Å². The van der Waals surface area contributed by atoms with Crippen molar-refractivity contribution in [2.45, 2.75) is 38.3 Å². The molecule has 2 amide bonds. The van der Waals surface area contributed by atoms with Crippen molar-refractivity contribution in [1.29, 1.82) is 0 Å². The zero-order valence-corrected chi connectivity index (χ0v) is 26.4.